The number of aryl methyl sites for hydroxylation is 2. The molecule has 0 saturated carbocycles. The molecule has 0 amide bonds. The van der Waals surface area contributed by atoms with Gasteiger partial charge in [0.2, 0.25) is 0 Å². The van der Waals surface area contributed by atoms with E-state index in [1.165, 1.54) is 0 Å². The molecule has 5 nitrogen and oxygen atoms in total. The van der Waals surface area contributed by atoms with Gasteiger partial charge in [-0.1, -0.05) is 0 Å². The molecule has 1 aromatic heterocycles. The largest absolute Gasteiger partial charge is 0.480 e. The Bertz CT molecular complexity index is 352. The monoisotopic (exact) mass is 255 g/mol. The summed E-state index contributed by atoms with van der Waals surface area (Å²) in [4.78, 5) is 10.7. The van der Waals surface area contributed by atoms with Crippen molar-refractivity contribution in [3.8, 4) is 0 Å². The Balaban J connectivity index is 0. The summed E-state index contributed by atoms with van der Waals surface area (Å²) in [5.74, 6) is -1.03. The molecule has 15 heavy (non-hydrogen) atoms. The first kappa shape index (κ1) is 16.6. The van der Waals surface area contributed by atoms with Gasteiger partial charge < -0.3 is 10.8 Å². The van der Waals surface area contributed by atoms with Crippen LogP contribution < -0.4 is 5.73 Å². The van der Waals surface area contributed by atoms with Gasteiger partial charge >= 0.3 is 5.97 Å². The van der Waals surface area contributed by atoms with Gasteiger partial charge in [-0.3, -0.25) is 9.48 Å². The molecule has 1 aromatic rings. The van der Waals surface area contributed by atoms with Crippen molar-refractivity contribution in [2.24, 2.45) is 12.8 Å². The van der Waals surface area contributed by atoms with E-state index in [0.717, 1.165) is 5.69 Å². The Morgan fingerprint density at radius 2 is 1.93 bits per heavy atom. The molecular weight excluding hydrogens is 241 g/mol. The molecule has 0 saturated heterocycles. The Hall–Kier alpha value is -0.780. The highest BCUT2D eigenvalue weighted by atomic mass is 35.5. The summed E-state index contributed by atoms with van der Waals surface area (Å²) in [5.41, 5.74) is 7.58. The lowest BCUT2D eigenvalue weighted by molar-refractivity contribution is -0.138. The van der Waals surface area contributed by atoms with Crippen molar-refractivity contribution in [3.63, 3.8) is 0 Å². The summed E-state index contributed by atoms with van der Waals surface area (Å²) in [6.45, 7) is 3.56. The van der Waals surface area contributed by atoms with Gasteiger partial charge in [0.15, 0.2) is 0 Å². The average molecular weight is 256 g/mol. The third kappa shape index (κ3) is 3.09. The number of carboxylic acid groups (broad SMARTS) is 1. The van der Waals surface area contributed by atoms with Crippen molar-refractivity contribution in [2.75, 3.05) is 0 Å². The minimum absolute atomic E-state index is 0. The van der Waals surface area contributed by atoms with E-state index < -0.39 is 12.0 Å². The molecule has 0 radical (unpaired) electrons. The predicted molar refractivity (Wildman–Crippen MR) is 61.7 cm³/mol. The van der Waals surface area contributed by atoms with E-state index in [2.05, 4.69) is 5.10 Å². The van der Waals surface area contributed by atoms with Crippen LogP contribution in [0.5, 0.6) is 0 Å². The number of nitrogens with zero attached hydrogens (tertiary/aromatic N) is 2. The molecule has 1 rings (SSSR count). The van der Waals surface area contributed by atoms with Crippen LogP contribution in [-0.4, -0.2) is 20.9 Å². The number of hydrogen-bond acceptors (Lipinski definition) is 3. The SMILES string of the molecule is Cc1nn(C)c(C)c1C(N)C(=O)O.Cl.Cl. The second-order valence-corrected chi connectivity index (χ2v) is 3.02. The molecule has 0 bridgehead atoms. The second-order valence-electron chi connectivity index (χ2n) is 3.02. The fourth-order valence-electron chi connectivity index (χ4n) is 1.36. The summed E-state index contributed by atoms with van der Waals surface area (Å²) in [5, 5.41) is 12.8. The zero-order valence-electron chi connectivity index (χ0n) is 8.72. The van der Waals surface area contributed by atoms with Crippen LogP contribution in [0.15, 0.2) is 0 Å². The van der Waals surface area contributed by atoms with E-state index in [9.17, 15) is 4.79 Å². The Labute approximate surface area is 100 Å². The van der Waals surface area contributed by atoms with Crippen molar-refractivity contribution in [2.45, 2.75) is 19.9 Å². The van der Waals surface area contributed by atoms with Crippen LogP contribution in [0.1, 0.15) is 23.0 Å². The molecule has 3 N–H and O–H groups in total. The first-order chi connectivity index (χ1) is 5.95. The zero-order chi connectivity index (χ0) is 10.2. The number of aromatic nitrogens is 2. The number of nitrogens with two attached hydrogens (primary N) is 1. The van der Waals surface area contributed by atoms with E-state index >= 15 is 0 Å². The standard InChI is InChI=1S/C8H13N3O2.2ClH/c1-4-6(7(9)8(12)13)5(2)11(3)10-4;;/h7H,9H2,1-3H3,(H,12,13);2*1H. The Morgan fingerprint density at radius 1 is 1.47 bits per heavy atom. The minimum atomic E-state index is -1.03. The Kier molecular flexibility index (Phi) is 6.60. The molecule has 0 fully saturated rings. The Morgan fingerprint density at radius 3 is 2.20 bits per heavy atom. The van der Waals surface area contributed by atoms with Crippen molar-refractivity contribution in [1.82, 2.24) is 9.78 Å². The highest BCUT2D eigenvalue weighted by Gasteiger charge is 2.21. The molecule has 1 unspecified atom stereocenters. The van der Waals surface area contributed by atoms with Crippen molar-refractivity contribution >= 4 is 30.8 Å². The predicted octanol–water partition coefficient (Wildman–Crippen LogP) is 0.965. The van der Waals surface area contributed by atoms with Gasteiger partial charge in [0.25, 0.3) is 0 Å². The first-order valence-corrected chi connectivity index (χ1v) is 3.93. The first-order valence-electron chi connectivity index (χ1n) is 3.93. The van der Waals surface area contributed by atoms with E-state index in [-0.39, 0.29) is 24.8 Å². The summed E-state index contributed by atoms with van der Waals surface area (Å²) in [6.07, 6.45) is 0. The molecule has 88 valence electrons. The van der Waals surface area contributed by atoms with Gasteiger partial charge in [0.05, 0.1) is 5.69 Å². The zero-order valence-corrected chi connectivity index (χ0v) is 10.4. The van der Waals surface area contributed by atoms with Crippen molar-refractivity contribution in [3.05, 3.63) is 17.0 Å². The van der Waals surface area contributed by atoms with Crippen LogP contribution in [0, 0.1) is 13.8 Å². The van der Waals surface area contributed by atoms with Crippen molar-refractivity contribution < 1.29 is 9.90 Å². The number of rotatable bonds is 2. The molecule has 1 atom stereocenters. The van der Waals surface area contributed by atoms with Crippen LogP contribution in [0.3, 0.4) is 0 Å². The second kappa shape index (κ2) is 5.95. The van der Waals surface area contributed by atoms with Crippen LogP contribution >= 0.6 is 24.8 Å². The van der Waals surface area contributed by atoms with Gasteiger partial charge in [0, 0.05) is 18.3 Å². The van der Waals surface area contributed by atoms with E-state index in [1.807, 2.05) is 0 Å². The van der Waals surface area contributed by atoms with E-state index in [4.69, 9.17) is 10.8 Å². The molecule has 0 spiro atoms. The fraction of sp³-hybridized carbons (Fsp3) is 0.500. The lowest BCUT2D eigenvalue weighted by atomic mass is 10.1. The summed E-state index contributed by atoms with van der Waals surface area (Å²) in [6, 6.07) is -0.978. The lowest BCUT2D eigenvalue weighted by Gasteiger charge is -2.06. The number of halogens is 2. The smallest absolute Gasteiger partial charge is 0.325 e. The van der Waals surface area contributed by atoms with Crippen LogP contribution in [0.25, 0.3) is 0 Å². The lowest BCUT2D eigenvalue weighted by Crippen LogP contribution is -2.22. The average Bonchev–Trinajstić information content (AvgIpc) is 2.26. The fourth-order valence-corrected chi connectivity index (χ4v) is 1.36. The van der Waals surface area contributed by atoms with E-state index in [1.54, 1.807) is 25.6 Å². The number of aliphatic carboxylic acids is 1. The molecule has 0 aliphatic carbocycles. The summed E-state index contributed by atoms with van der Waals surface area (Å²) < 4.78 is 1.63. The highest BCUT2D eigenvalue weighted by molar-refractivity contribution is 5.85. The maximum atomic E-state index is 10.7. The number of hydrogen-bond donors (Lipinski definition) is 2. The maximum absolute atomic E-state index is 10.7. The summed E-state index contributed by atoms with van der Waals surface area (Å²) in [7, 11) is 1.76. The van der Waals surface area contributed by atoms with Crippen LogP contribution in [0.4, 0.5) is 0 Å². The van der Waals surface area contributed by atoms with Gasteiger partial charge in [0.1, 0.15) is 6.04 Å². The van der Waals surface area contributed by atoms with Gasteiger partial charge in [-0.05, 0) is 13.8 Å². The van der Waals surface area contributed by atoms with Crippen LogP contribution in [0.2, 0.25) is 0 Å². The topological polar surface area (TPSA) is 81.1 Å². The molecule has 7 heteroatoms. The van der Waals surface area contributed by atoms with Crippen molar-refractivity contribution in [1.29, 1.82) is 0 Å². The molecule has 0 aliphatic rings. The van der Waals surface area contributed by atoms with Gasteiger partial charge in [-0.25, -0.2) is 0 Å². The highest BCUT2D eigenvalue weighted by Crippen LogP contribution is 2.18. The third-order valence-corrected chi connectivity index (χ3v) is 2.14. The van der Waals surface area contributed by atoms with Gasteiger partial charge in [-0.15, -0.1) is 24.8 Å². The quantitative estimate of drug-likeness (QED) is 0.825. The molecular formula is C8H15Cl2N3O2. The van der Waals surface area contributed by atoms with Crippen LogP contribution in [-0.2, 0) is 11.8 Å². The van der Waals surface area contributed by atoms with E-state index in [0.29, 0.717) is 11.3 Å². The van der Waals surface area contributed by atoms with Gasteiger partial charge in [-0.2, -0.15) is 5.10 Å². The normalized spacial score (nSPS) is 11.2. The molecule has 0 aromatic carbocycles. The number of carboxylic acids is 1. The maximum Gasteiger partial charge on any atom is 0.325 e. The minimum Gasteiger partial charge on any atom is -0.480 e. The molecule has 0 aliphatic heterocycles. The molecule has 1 heterocycles. The summed E-state index contributed by atoms with van der Waals surface area (Å²) >= 11 is 0. The number of carbonyl (C=O) groups is 1. The third-order valence-electron chi connectivity index (χ3n) is 2.14.